The molecule has 6 nitrogen and oxygen atoms in total. The van der Waals surface area contributed by atoms with Crippen molar-refractivity contribution < 1.29 is 19.7 Å². The van der Waals surface area contributed by atoms with Gasteiger partial charge in [0.1, 0.15) is 11.5 Å². The number of rotatable bonds is 7. The Morgan fingerprint density at radius 3 is 2.67 bits per heavy atom. The first-order valence-electron chi connectivity index (χ1n) is 10.2. The molecule has 1 aliphatic rings. The molecule has 0 radical (unpaired) electrons. The van der Waals surface area contributed by atoms with Crippen molar-refractivity contribution in [2.24, 2.45) is 0 Å². The first-order valence-corrected chi connectivity index (χ1v) is 11.3. The molecule has 30 heavy (non-hydrogen) atoms. The van der Waals surface area contributed by atoms with Gasteiger partial charge in [0.2, 0.25) is 0 Å². The zero-order valence-corrected chi connectivity index (χ0v) is 17.5. The summed E-state index contributed by atoms with van der Waals surface area (Å²) in [5, 5.41) is 19.3. The minimum atomic E-state index is -1.30. The summed E-state index contributed by atoms with van der Waals surface area (Å²) < 4.78 is 4.77. The molecule has 1 aliphatic heterocycles. The number of hydrogen-bond donors (Lipinski definition) is 3. The summed E-state index contributed by atoms with van der Waals surface area (Å²) in [5.41, 5.74) is 3.48. The monoisotopic (exact) mass is 426 g/mol. The number of nitrogens with zero attached hydrogens (tertiary/aromatic N) is 1. The highest BCUT2D eigenvalue weighted by molar-refractivity contribution is 7.98. The molecular formula is C23H26N2O4S. The third kappa shape index (κ3) is 5.09. The molecule has 1 saturated heterocycles. The van der Waals surface area contributed by atoms with E-state index in [1.165, 1.54) is 5.56 Å². The predicted octanol–water partition coefficient (Wildman–Crippen LogP) is 5.04. The van der Waals surface area contributed by atoms with E-state index in [0.29, 0.717) is 17.4 Å². The minimum Gasteiger partial charge on any atom is -0.508 e. The van der Waals surface area contributed by atoms with Crippen LogP contribution in [0.1, 0.15) is 29.9 Å². The number of carbonyl (C=O) groups is 1. The van der Waals surface area contributed by atoms with Crippen molar-refractivity contribution in [1.82, 2.24) is 9.88 Å². The van der Waals surface area contributed by atoms with Gasteiger partial charge in [-0.15, -0.1) is 0 Å². The van der Waals surface area contributed by atoms with Gasteiger partial charge in [-0.25, -0.2) is 4.79 Å². The molecule has 0 unspecified atom stereocenters. The van der Waals surface area contributed by atoms with Gasteiger partial charge in [0.15, 0.2) is 0 Å². The second-order valence-electron chi connectivity index (χ2n) is 7.65. The van der Waals surface area contributed by atoms with Crippen LogP contribution in [0.15, 0.2) is 48.7 Å². The van der Waals surface area contributed by atoms with E-state index in [1.807, 2.05) is 36.2 Å². The molecule has 158 valence electrons. The second kappa shape index (κ2) is 9.45. The molecular weight excluding hydrogens is 400 g/mol. The molecule has 3 aromatic rings. The van der Waals surface area contributed by atoms with Crippen molar-refractivity contribution in [3.63, 3.8) is 0 Å². The van der Waals surface area contributed by atoms with Gasteiger partial charge < -0.3 is 24.8 Å². The molecule has 2 heterocycles. The lowest BCUT2D eigenvalue weighted by atomic mass is 9.89. The Morgan fingerprint density at radius 2 is 1.93 bits per heavy atom. The zero-order chi connectivity index (χ0) is 20.9. The lowest BCUT2D eigenvalue weighted by Gasteiger charge is -2.32. The lowest BCUT2D eigenvalue weighted by Crippen LogP contribution is -2.34. The summed E-state index contributed by atoms with van der Waals surface area (Å²) >= 11 is 1.89. The number of benzene rings is 2. The smallest absolute Gasteiger partial charge is 0.508 e. The molecule has 0 spiro atoms. The maximum absolute atomic E-state index is 10.8. The van der Waals surface area contributed by atoms with Crippen LogP contribution in [-0.2, 0) is 5.75 Å². The number of H-pyrrole nitrogens is 1. The van der Waals surface area contributed by atoms with Crippen LogP contribution in [0.5, 0.6) is 11.5 Å². The van der Waals surface area contributed by atoms with E-state index in [-0.39, 0.29) is 0 Å². The van der Waals surface area contributed by atoms with Gasteiger partial charge in [-0.3, -0.25) is 0 Å². The third-order valence-corrected chi connectivity index (χ3v) is 6.69. The quantitative estimate of drug-likeness (QED) is 0.279. The van der Waals surface area contributed by atoms with Crippen LogP contribution in [-0.4, -0.2) is 51.6 Å². The SMILES string of the molecule is O=C(O)Oc1ccc2[nH]cc(CSCCN3CCC(c4ccc(O)cc4)CC3)c2c1. The minimum absolute atomic E-state index is 0.328. The average Bonchev–Trinajstić information content (AvgIpc) is 3.14. The van der Waals surface area contributed by atoms with Crippen LogP contribution < -0.4 is 4.74 Å². The fraction of sp³-hybridized carbons (Fsp3) is 0.348. The Balaban J connectivity index is 1.23. The number of piperidine rings is 1. The van der Waals surface area contributed by atoms with Crippen LogP contribution in [0.3, 0.4) is 0 Å². The van der Waals surface area contributed by atoms with Crippen molar-refractivity contribution in [1.29, 1.82) is 0 Å². The van der Waals surface area contributed by atoms with E-state index in [2.05, 4.69) is 9.88 Å². The number of phenolic OH excluding ortho intramolecular Hbond substituents is 1. The van der Waals surface area contributed by atoms with Gasteiger partial charge in [0, 0.05) is 35.2 Å². The normalized spacial score (nSPS) is 15.5. The largest absolute Gasteiger partial charge is 0.511 e. The Hall–Kier alpha value is -2.64. The first-order chi connectivity index (χ1) is 14.6. The zero-order valence-electron chi connectivity index (χ0n) is 16.7. The molecule has 0 aliphatic carbocycles. The predicted molar refractivity (Wildman–Crippen MR) is 120 cm³/mol. The number of nitrogens with one attached hydrogen (secondary N) is 1. The third-order valence-electron chi connectivity index (χ3n) is 5.71. The highest BCUT2D eigenvalue weighted by Crippen LogP contribution is 2.30. The molecule has 0 atom stereocenters. The first kappa shape index (κ1) is 20.6. The number of aromatic hydroxyl groups is 1. The molecule has 2 aromatic carbocycles. The molecule has 0 amide bonds. The number of likely N-dealkylation sites (tertiary alicyclic amines) is 1. The fourth-order valence-corrected chi connectivity index (χ4v) is 5.04. The molecule has 0 saturated carbocycles. The van der Waals surface area contributed by atoms with Crippen LogP contribution >= 0.6 is 11.8 Å². The summed E-state index contributed by atoms with van der Waals surface area (Å²) in [6.07, 6.45) is 3.01. The van der Waals surface area contributed by atoms with E-state index in [9.17, 15) is 9.90 Å². The highest BCUT2D eigenvalue weighted by Gasteiger charge is 2.20. The lowest BCUT2D eigenvalue weighted by molar-refractivity contribution is 0.144. The van der Waals surface area contributed by atoms with Crippen molar-refractivity contribution in [3.05, 3.63) is 59.8 Å². The number of aromatic amines is 1. The number of aromatic nitrogens is 1. The summed E-state index contributed by atoms with van der Waals surface area (Å²) in [7, 11) is 0. The molecule has 1 fully saturated rings. The van der Waals surface area contributed by atoms with Gasteiger partial charge in [-0.2, -0.15) is 11.8 Å². The van der Waals surface area contributed by atoms with Crippen molar-refractivity contribution >= 4 is 28.8 Å². The number of hydrogen-bond acceptors (Lipinski definition) is 5. The standard InChI is InChI=1S/C23H26N2O4S/c26-19-3-1-16(2-4-19)17-7-9-25(10-8-17)11-12-30-15-18-14-24-22-6-5-20(13-21(18)22)29-23(27)28/h1-6,13-14,17,24,26H,7-12,15H2,(H,27,28). The molecule has 0 bridgehead atoms. The summed E-state index contributed by atoms with van der Waals surface area (Å²) in [6.45, 7) is 3.28. The van der Waals surface area contributed by atoms with Gasteiger partial charge in [0.25, 0.3) is 0 Å². The Morgan fingerprint density at radius 1 is 1.17 bits per heavy atom. The summed E-state index contributed by atoms with van der Waals surface area (Å²) in [6, 6.07) is 12.9. The number of thioether (sulfide) groups is 1. The topological polar surface area (TPSA) is 85.8 Å². The maximum atomic E-state index is 10.8. The van der Waals surface area contributed by atoms with E-state index in [0.717, 1.165) is 60.4 Å². The van der Waals surface area contributed by atoms with Crippen LogP contribution in [0.25, 0.3) is 10.9 Å². The van der Waals surface area contributed by atoms with E-state index in [1.54, 1.807) is 24.3 Å². The van der Waals surface area contributed by atoms with Crippen molar-refractivity contribution in [2.45, 2.75) is 24.5 Å². The van der Waals surface area contributed by atoms with Crippen LogP contribution in [0.4, 0.5) is 4.79 Å². The van der Waals surface area contributed by atoms with E-state index < -0.39 is 6.16 Å². The maximum Gasteiger partial charge on any atom is 0.511 e. The number of phenols is 1. The summed E-state index contributed by atoms with van der Waals surface area (Å²) in [4.78, 5) is 16.5. The average molecular weight is 427 g/mol. The van der Waals surface area contributed by atoms with Crippen LogP contribution in [0, 0.1) is 0 Å². The Bertz CT molecular complexity index is 994. The van der Waals surface area contributed by atoms with Gasteiger partial charge >= 0.3 is 6.16 Å². The van der Waals surface area contributed by atoms with E-state index >= 15 is 0 Å². The fourth-order valence-electron chi connectivity index (χ4n) is 4.05. The second-order valence-corrected chi connectivity index (χ2v) is 8.75. The van der Waals surface area contributed by atoms with Gasteiger partial charge in [-0.1, -0.05) is 12.1 Å². The number of fused-ring (bicyclic) bond motifs is 1. The Labute approximate surface area is 179 Å². The van der Waals surface area contributed by atoms with Crippen LogP contribution in [0.2, 0.25) is 0 Å². The highest BCUT2D eigenvalue weighted by atomic mass is 32.2. The summed E-state index contributed by atoms with van der Waals surface area (Å²) in [5.74, 6) is 3.19. The molecule has 7 heteroatoms. The molecule has 1 aromatic heterocycles. The Kier molecular flexibility index (Phi) is 6.50. The number of carboxylic acid groups (broad SMARTS) is 1. The van der Waals surface area contributed by atoms with E-state index in [4.69, 9.17) is 9.84 Å². The number of ether oxygens (including phenoxy) is 1. The van der Waals surface area contributed by atoms with Gasteiger partial charge in [-0.05, 0) is 73.3 Å². The molecule has 3 N–H and O–H groups in total. The van der Waals surface area contributed by atoms with Crippen molar-refractivity contribution in [2.75, 3.05) is 25.4 Å². The van der Waals surface area contributed by atoms with Gasteiger partial charge in [0.05, 0.1) is 0 Å². The van der Waals surface area contributed by atoms with Crippen molar-refractivity contribution in [3.8, 4) is 11.5 Å². The molecule has 4 rings (SSSR count).